The summed E-state index contributed by atoms with van der Waals surface area (Å²) in [4.78, 5) is 25.7. The van der Waals surface area contributed by atoms with E-state index >= 15 is 0 Å². The number of rotatable bonds is 4. The molecule has 0 saturated carbocycles. The van der Waals surface area contributed by atoms with E-state index in [2.05, 4.69) is 4.98 Å². The van der Waals surface area contributed by atoms with E-state index in [1.807, 2.05) is 0 Å². The van der Waals surface area contributed by atoms with E-state index in [1.165, 1.54) is 36.5 Å². The topological polar surface area (TPSA) is 129 Å². The SMILES string of the molecule is NC(=O)c1cc2c(Oc3ccc([N+](=O)[O-])c(Cl)c3)ccnc2cc1O. The van der Waals surface area contributed by atoms with Crippen LogP contribution in [0, 0.1) is 10.1 Å². The van der Waals surface area contributed by atoms with Gasteiger partial charge in [-0.15, -0.1) is 0 Å². The van der Waals surface area contributed by atoms with Crippen molar-refractivity contribution in [3.63, 3.8) is 0 Å². The lowest BCUT2D eigenvalue weighted by Crippen LogP contribution is -2.11. The number of amides is 1. The monoisotopic (exact) mass is 359 g/mol. The standard InChI is InChI=1S/C16H10ClN3O5/c17-11-5-8(1-2-13(11)20(23)24)25-15-3-4-19-12-7-14(21)10(16(18)22)6-9(12)15/h1-7,21H,(H2,18,22). The molecule has 8 nitrogen and oxygen atoms in total. The van der Waals surface area contributed by atoms with Gasteiger partial charge < -0.3 is 15.6 Å². The number of ether oxygens (including phenoxy) is 1. The molecule has 25 heavy (non-hydrogen) atoms. The molecular weight excluding hydrogens is 350 g/mol. The maximum Gasteiger partial charge on any atom is 0.288 e. The summed E-state index contributed by atoms with van der Waals surface area (Å²) in [6.07, 6.45) is 1.45. The average molecular weight is 360 g/mol. The molecule has 0 bridgehead atoms. The third-order valence-corrected chi connectivity index (χ3v) is 3.73. The summed E-state index contributed by atoms with van der Waals surface area (Å²) in [5, 5.41) is 21.0. The van der Waals surface area contributed by atoms with Gasteiger partial charge in [0, 0.05) is 29.8 Å². The fourth-order valence-electron chi connectivity index (χ4n) is 2.27. The number of fused-ring (bicyclic) bond motifs is 1. The summed E-state index contributed by atoms with van der Waals surface area (Å²) in [5.41, 5.74) is 5.30. The van der Waals surface area contributed by atoms with Crippen LogP contribution in [0.25, 0.3) is 10.9 Å². The maximum atomic E-state index is 11.4. The van der Waals surface area contributed by atoms with Gasteiger partial charge in [-0.3, -0.25) is 19.9 Å². The molecule has 0 spiro atoms. The van der Waals surface area contributed by atoms with Crippen molar-refractivity contribution in [2.75, 3.05) is 0 Å². The van der Waals surface area contributed by atoms with Crippen molar-refractivity contribution in [2.24, 2.45) is 5.73 Å². The Bertz CT molecular complexity index is 1020. The van der Waals surface area contributed by atoms with Gasteiger partial charge in [0.05, 0.1) is 16.0 Å². The van der Waals surface area contributed by atoms with Gasteiger partial charge in [-0.25, -0.2) is 0 Å². The number of halogens is 1. The first-order valence-electron chi connectivity index (χ1n) is 6.90. The molecule has 0 aliphatic heterocycles. The number of nitro groups is 1. The van der Waals surface area contributed by atoms with E-state index in [-0.39, 0.29) is 27.8 Å². The van der Waals surface area contributed by atoms with Crippen LogP contribution < -0.4 is 10.5 Å². The fourth-order valence-corrected chi connectivity index (χ4v) is 2.51. The molecule has 1 heterocycles. The maximum absolute atomic E-state index is 11.4. The van der Waals surface area contributed by atoms with Crippen LogP contribution >= 0.6 is 11.6 Å². The molecule has 0 radical (unpaired) electrons. The van der Waals surface area contributed by atoms with Crippen molar-refractivity contribution in [1.82, 2.24) is 4.98 Å². The van der Waals surface area contributed by atoms with Gasteiger partial charge in [0.2, 0.25) is 0 Å². The second-order valence-electron chi connectivity index (χ2n) is 5.03. The molecule has 3 N–H and O–H groups in total. The lowest BCUT2D eigenvalue weighted by Gasteiger charge is -2.10. The number of nitrogens with zero attached hydrogens (tertiary/aromatic N) is 2. The summed E-state index contributed by atoms with van der Waals surface area (Å²) < 4.78 is 5.70. The lowest BCUT2D eigenvalue weighted by molar-refractivity contribution is -0.384. The number of aromatic hydroxyl groups is 1. The number of aromatic nitrogens is 1. The zero-order valence-electron chi connectivity index (χ0n) is 12.5. The average Bonchev–Trinajstić information content (AvgIpc) is 2.54. The van der Waals surface area contributed by atoms with Gasteiger partial charge in [0.25, 0.3) is 11.6 Å². The van der Waals surface area contributed by atoms with Crippen molar-refractivity contribution >= 4 is 34.1 Å². The molecular formula is C16H10ClN3O5. The summed E-state index contributed by atoms with van der Waals surface area (Å²) in [7, 11) is 0. The number of primary amides is 1. The number of nitro benzene ring substituents is 1. The Morgan fingerprint density at radius 3 is 2.68 bits per heavy atom. The Morgan fingerprint density at radius 2 is 2.04 bits per heavy atom. The molecule has 9 heteroatoms. The zero-order valence-corrected chi connectivity index (χ0v) is 13.2. The van der Waals surface area contributed by atoms with Gasteiger partial charge in [0.1, 0.15) is 22.3 Å². The summed E-state index contributed by atoms with van der Waals surface area (Å²) in [6, 6.07) is 8.13. The summed E-state index contributed by atoms with van der Waals surface area (Å²) in [5.74, 6) is -0.509. The number of nitrogens with two attached hydrogens (primary N) is 1. The molecule has 0 aliphatic carbocycles. The van der Waals surface area contributed by atoms with E-state index in [1.54, 1.807) is 6.07 Å². The zero-order chi connectivity index (χ0) is 18.1. The van der Waals surface area contributed by atoms with Gasteiger partial charge in [-0.2, -0.15) is 0 Å². The van der Waals surface area contributed by atoms with Crippen molar-refractivity contribution in [3.05, 3.63) is 63.3 Å². The van der Waals surface area contributed by atoms with E-state index < -0.39 is 10.8 Å². The molecule has 1 aromatic heterocycles. The summed E-state index contributed by atoms with van der Waals surface area (Å²) >= 11 is 5.87. The number of carbonyl (C=O) groups excluding carboxylic acids is 1. The van der Waals surface area contributed by atoms with Gasteiger partial charge in [-0.1, -0.05) is 11.6 Å². The molecule has 2 aromatic carbocycles. The molecule has 3 rings (SSSR count). The largest absolute Gasteiger partial charge is 0.507 e. The van der Waals surface area contributed by atoms with Crippen LogP contribution in [0.4, 0.5) is 5.69 Å². The second kappa shape index (κ2) is 6.25. The highest BCUT2D eigenvalue weighted by atomic mass is 35.5. The van der Waals surface area contributed by atoms with Crippen molar-refractivity contribution < 1.29 is 19.6 Å². The van der Waals surface area contributed by atoms with Crippen LogP contribution in [0.2, 0.25) is 5.02 Å². The highest BCUT2D eigenvalue weighted by molar-refractivity contribution is 6.32. The third kappa shape index (κ3) is 3.15. The first kappa shape index (κ1) is 16.5. The predicted molar refractivity (Wildman–Crippen MR) is 90.1 cm³/mol. The predicted octanol–water partition coefficient (Wildman–Crippen LogP) is 3.39. The first-order valence-corrected chi connectivity index (χ1v) is 7.28. The van der Waals surface area contributed by atoms with Gasteiger partial charge >= 0.3 is 0 Å². The van der Waals surface area contributed by atoms with E-state index in [4.69, 9.17) is 22.1 Å². The normalized spacial score (nSPS) is 10.6. The van der Waals surface area contributed by atoms with Crippen LogP contribution in [0.5, 0.6) is 17.2 Å². The summed E-state index contributed by atoms with van der Waals surface area (Å²) in [6.45, 7) is 0. The Balaban J connectivity index is 2.07. The first-order chi connectivity index (χ1) is 11.9. The van der Waals surface area contributed by atoms with Crippen LogP contribution in [-0.4, -0.2) is 20.9 Å². The van der Waals surface area contributed by atoms with E-state index in [9.17, 15) is 20.0 Å². The van der Waals surface area contributed by atoms with E-state index in [0.29, 0.717) is 16.7 Å². The van der Waals surface area contributed by atoms with Crippen molar-refractivity contribution in [2.45, 2.75) is 0 Å². The van der Waals surface area contributed by atoms with Crippen LogP contribution in [0.3, 0.4) is 0 Å². The fraction of sp³-hybridized carbons (Fsp3) is 0. The lowest BCUT2D eigenvalue weighted by atomic mass is 10.1. The number of pyridine rings is 1. The smallest absolute Gasteiger partial charge is 0.288 e. The van der Waals surface area contributed by atoms with Crippen molar-refractivity contribution in [1.29, 1.82) is 0 Å². The number of hydrogen-bond donors (Lipinski definition) is 2. The Hall–Kier alpha value is -3.39. The highest BCUT2D eigenvalue weighted by Gasteiger charge is 2.15. The molecule has 1 amide bonds. The minimum Gasteiger partial charge on any atom is -0.507 e. The highest BCUT2D eigenvalue weighted by Crippen LogP contribution is 2.35. The van der Waals surface area contributed by atoms with Gasteiger partial charge in [-0.05, 0) is 18.2 Å². The Kier molecular flexibility index (Phi) is 4.12. The minimum absolute atomic E-state index is 0.0728. The molecule has 0 saturated heterocycles. The minimum atomic E-state index is -0.799. The number of phenols is 1. The molecule has 0 fully saturated rings. The van der Waals surface area contributed by atoms with Crippen LogP contribution in [0.1, 0.15) is 10.4 Å². The Morgan fingerprint density at radius 1 is 1.28 bits per heavy atom. The second-order valence-corrected chi connectivity index (χ2v) is 5.44. The molecule has 3 aromatic rings. The molecule has 0 unspecified atom stereocenters. The van der Waals surface area contributed by atoms with Gasteiger partial charge in [0.15, 0.2) is 0 Å². The quantitative estimate of drug-likeness (QED) is 0.542. The molecule has 126 valence electrons. The van der Waals surface area contributed by atoms with Crippen LogP contribution in [-0.2, 0) is 0 Å². The number of hydrogen-bond acceptors (Lipinski definition) is 6. The van der Waals surface area contributed by atoms with Crippen molar-refractivity contribution in [3.8, 4) is 17.2 Å². The third-order valence-electron chi connectivity index (χ3n) is 3.43. The Labute approximate surface area is 145 Å². The van der Waals surface area contributed by atoms with Crippen LogP contribution in [0.15, 0.2) is 42.6 Å². The number of benzene rings is 2. The number of carbonyl (C=O) groups is 1. The van der Waals surface area contributed by atoms with E-state index in [0.717, 1.165) is 0 Å². The molecule has 0 atom stereocenters. The molecule has 0 aliphatic rings.